The molecular weight excluding hydrogens is 172 g/mol. The molecular formula is C7H14N4O2-2. The molecule has 0 aliphatic heterocycles. The van der Waals surface area contributed by atoms with E-state index in [0.717, 1.165) is 6.20 Å². The largest absolute Gasteiger partial charge is 0.744 e. The van der Waals surface area contributed by atoms with Gasteiger partial charge in [-0.2, -0.15) is 5.34 Å². The Kier molecular flexibility index (Phi) is 5.33. The molecule has 0 spiro atoms. The van der Waals surface area contributed by atoms with Gasteiger partial charge in [0.1, 0.15) is 0 Å². The summed E-state index contributed by atoms with van der Waals surface area (Å²) in [4.78, 5) is 4.72. The Hall–Kier alpha value is -0.880. The van der Waals surface area contributed by atoms with Crippen LogP contribution in [0.5, 0.6) is 0 Å². The number of hydrogen-bond acceptors (Lipinski definition) is 5. The van der Waals surface area contributed by atoms with E-state index in [1.807, 2.05) is 0 Å². The van der Waals surface area contributed by atoms with Crippen molar-refractivity contribution >= 4 is 0 Å². The second-order valence-corrected chi connectivity index (χ2v) is 2.59. The molecule has 0 fully saturated rings. The number of hydrazine groups is 1. The molecule has 0 aliphatic carbocycles. The van der Waals surface area contributed by atoms with Gasteiger partial charge in [0.15, 0.2) is 0 Å². The molecule has 0 aromatic carbocycles. The van der Waals surface area contributed by atoms with Crippen molar-refractivity contribution in [1.29, 1.82) is 0 Å². The first-order valence-electron chi connectivity index (χ1n) is 3.75. The molecule has 0 saturated carbocycles. The molecule has 0 saturated heterocycles. The lowest BCUT2D eigenvalue weighted by atomic mass is 10.2. The summed E-state index contributed by atoms with van der Waals surface area (Å²) in [6.07, 6.45) is 0.574. The molecule has 0 bridgehead atoms. The van der Waals surface area contributed by atoms with Crippen LogP contribution in [0.2, 0.25) is 0 Å². The van der Waals surface area contributed by atoms with Crippen molar-refractivity contribution in [2.75, 3.05) is 0 Å². The van der Waals surface area contributed by atoms with Crippen LogP contribution >= 0.6 is 0 Å². The van der Waals surface area contributed by atoms with Gasteiger partial charge >= 0.3 is 0 Å². The van der Waals surface area contributed by atoms with E-state index in [-0.39, 0.29) is 11.4 Å². The zero-order chi connectivity index (χ0) is 10.4. The minimum atomic E-state index is -0.455. The van der Waals surface area contributed by atoms with Gasteiger partial charge in [-0.1, -0.05) is 6.58 Å². The van der Waals surface area contributed by atoms with Crippen LogP contribution in [-0.4, -0.2) is 22.6 Å². The van der Waals surface area contributed by atoms with Crippen LogP contribution in [0.1, 0.15) is 13.8 Å². The summed E-state index contributed by atoms with van der Waals surface area (Å²) in [5.41, 5.74) is 7.71. The normalized spacial score (nSPS) is 14.9. The van der Waals surface area contributed by atoms with E-state index in [9.17, 15) is 5.21 Å². The summed E-state index contributed by atoms with van der Waals surface area (Å²) in [6.45, 7) is 6.55. The SMILES string of the molecule is C=C=CN([NH-])N([O-])OC(C)C(C)N. The first-order chi connectivity index (χ1) is 5.99. The fourth-order valence-electron chi connectivity index (χ4n) is 0.423. The van der Waals surface area contributed by atoms with Gasteiger partial charge in [0, 0.05) is 12.2 Å². The van der Waals surface area contributed by atoms with E-state index in [2.05, 4.69) is 12.3 Å². The highest BCUT2D eigenvalue weighted by molar-refractivity contribution is 4.75. The Morgan fingerprint density at radius 3 is 2.62 bits per heavy atom. The standard InChI is InChI=1S/C7H14N4O2/c1-4-5-10(9)11(12)13-7(3)6(2)8/h5-7,9H,1,8H2,2-3H3/q-2. The van der Waals surface area contributed by atoms with Gasteiger partial charge in [-0.15, -0.1) is 5.73 Å². The quantitative estimate of drug-likeness (QED) is 0.509. The maximum Gasteiger partial charge on any atom is 0.0921 e. The molecule has 13 heavy (non-hydrogen) atoms. The van der Waals surface area contributed by atoms with Gasteiger partial charge in [0.25, 0.3) is 0 Å². The molecule has 6 heteroatoms. The zero-order valence-corrected chi connectivity index (χ0v) is 7.73. The topological polar surface area (TPSA) is 88.6 Å². The van der Waals surface area contributed by atoms with Crippen molar-refractivity contribution in [3.05, 3.63) is 29.6 Å². The van der Waals surface area contributed by atoms with Gasteiger partial charge in [0.05, 0.1) is 6.10 Å². The van der Waals surface area contributed by atoms with E-state index in [1.54, 1.807) is 13.8 Å². The molecule has 2 unspecified atom stereocenters. The summed E-state index contributed by atoms with van der Waals surface area (Å²) in [6, 6.07) is -0.280. The predicted molar refractivity (Wildman–Crippen MR) is 49.3 cm³/mol. The van der Waals surface area contributed by atoms with E-state index in [0.29, 0.717) is 5.12 Å². The average Bonchev–Trinajstić information content (AvgIpc) is 2.04. The van der Waals surface area contributed by atoms with Gasteiger partial charge in [-0.25, -0.2) is 0 Å². The lowest BCUT2D eigenvalue weighted by Gasteiger charge is -2.42. The van der Waals surface area contributed by atoms with Crippen molar-refractivity contribution in [3.8, 4) is 0 Å². The Morgan fingerprint density at radius 2 is 2.23 bits per heavy atom. The Labute approximate surface area is 77.5 Å². The Morgan fingerprint density at radius 1 is 1.69 bits per heavy atom. The molecule has 2 atom stereocenters. The van der Waals surface area contributed by atoms with Gasteiger partial charge < -0.3 is 21.9 Å². The first-order valence-corrected chi connectivity index (χ1v) is 3.75. The molecule has 3 N–H and O–H groups in total. The van der Waals surface area contributed by atoms with Crippen molar-refractivity contribution < 1.29 is 4.84 Å². The smallest absolute Gasteiger partial charge is 0.0921 e. The highest BCUT2D eigenvalue weighted by atomic mass is 16.9. The summed E-state index contributed by atoms with van der Waals surface area (Å²) in [5, 5.41) is 11.4. The summed E-state index contributed by atoms with van der Waals surface area (Å²) in [7, 11) is 0. The molecule has 0 aromatic heterocycles. The Balaban J connectivity index is 3.98. The molecule has 0 aromatic rings. The van der Waals surface area contributed by atoms with Gasteiger partial charge in [0.2, 0.25) is 0 Å². The third kappa shape index (κ3) is 4.64. The minimum absolute atomic E-state index is 0.00616. The maximum atomic E-state index is 10.9. The number of rotatable bonds is 5. The third-order valence-electron chi connectivity index (χ3n) is 1.39. The first kappa shape index (κ1) is 12.1. The number of nitrogens with two attached hydrogens (primary N) is 1. The second-order valence-electron chi connectivity index (χ2n) is 2.59. The van der Waals surface area contributed by atoms with Crippen molar-refractivity contribution in [2.24, 2.45) is 5.73 Å². The monoisotopic (exact) mass is 186 g/mol. The second kappa shape index (κ2) is 5.71. The fraction of sp³-hybridized carbons (Fsp3) is 0.571. The molecule has 0 heterocycles. The number of nitrogens with zero attached hydrogens (tertiary/aromatic N) is 2. The van der Waals surface area contributed by atoms with Crippen molar-refractivity contribution in [2.45, 2.75) is 26.0 Å². The minimum Gasteiger partial charge on any atom is -0.744 e. The molecule has 0 aliphatic rings. The predicted octanol–water partition coefficient (Wildman–Crippen LogP) is 0.936. The van der Waals surface area contributed by atoms with E-state index in [4.69, 9.17) is 16.4 Å². The van der Waals surface area contributed by atoms with Crippen LogP contribution in [0.3, 0.4) is 0 Å². The highest BCUT2D eigenvalue weighted by Crippen LogP contribution is 2.03. The van der Waals surface area contributed by atoms with Crippen LogP contribution in [-0.2, 0) is 4.84 Å². The summed E-state index contributed by atoms with van der Waals surface area (Å²) in [5.74, 6) is 7.04. The van der Waals surface area contributed by atoms with Crippen LogP contribution in [0.4, 0.5) is 0 Å². The van der Waals surface area contributed by atoms with Crippen molar-refractivity contribution in [3.63, 3.8) is 0 Å². The zero-order valence-electron chi connectivity index (χ0n) is 7.73. The van der Waals surface area contributed by atoms with Crippen molar-refractivity contribution in [1.82, 2.24) is 10.5 Å². The fourth-order valence-corrected chi connectivity index (χ4v) is 0.423. The van der Waals surface area contributed by atoms with E-state index < -0.39 is 6.10 Å². The maximum absolute atomic E-state index is 10.9. The van der Waals surface area contributed by atoms with Crippen LogP contribution < -0.4 is 5.73 Å². The molecule has 0 amide bonds. The summed E-state index contributed by atoms with van der Waals surface area (Å²) >= 11 is 0. The molecule has 76 valence electrons. The Bertz CT molecular complexity index is 191. The lowest BCUT2D eigenvalue weighted by molar-refractivity contribution is -0.244. The van der Waals surface area contributed by atoms with Crippen LogP contribution in [0, 0.1) is 5.21 Å². The van der Waals surface area contributed by atoms with Gasteiger partial charge in [-0.3, -0.25) is 4.84 Å². The summed E-state index contributed by atoms with van der Waals surface area (Å²) < 4.78 is 0. The van der Waals surface area contributed by atoms with Crippen LogP contribution in [0.25, 0.3) is 5.84 Å². The van der Waals surface area contributed by atoms with Gasteiger partial charge in [-0.05, 0) is 13.8 Å². The molecule has 0 radical (unpaired) electrons. The number of nitrogens with one attached hydrogen (secondary N) is 1. The molecule has 0 rings (SSSR count). The lowest BCUT2D eigenvalue weighted by Crippen LogP contribution is -2.39. The third-order valence-corrected chi connectivity index (χ3v) is 1.39. The molecule has 6 nitrogen and oxygen atoms in total. The van der Waals surface area contributed by atoms with Crippen LogP contribution in [0.15, 0.2) is 18.5 Å². The van der Waals surface area contributed by atoms with E-state index in [1.165, 1.54) is 0 Å². The highest BCUT2D eigenvalue weighted by Gasteiger charge is 2.08. The van der Waals surface area contributed by atoms with E-state index >= 15 is 0 Å². The average molecular weight is 186 g/mol. The number of hydrogen-bond donors (Lipinski definition) is 1.